The van der Waals surface area contributed by atoms with E-state index in [9.17, 15) is 8.78 Å². The highest BCUT2D eigenvalue weighted by Gasteiger charge is 2.19. The Labute approximate surface area is 148 Å². The van der Waals surface area contributed by atoms with Gasteiger partial charge in [-0.15, -0.1) is 12.4 Å². The third-order valence-electron chi connectivity index (χ3n) is 4.36. The van der Waals surface area contributed by atoms with E-state index >= 15 is 0 Å². The lowest BCUT2D eigenvalue weighted by Gasteiger charge is -2.32. The molecule has 1 aliphatic heterocycles. The Morgan fingerprint density at radius 3 is 2.54 bits per heavy atom. The Bertz CT molecular complexity index is 484. The van der Waals surface area contributed by atoms with Crippen LogP contribution in [-0.2, 0) is 6.54 Å². The second kappa shape index (κ2) is 10.7. The minimum Gasteiger partial charge on any atom is -0.493 e. The summed E-state index contributed by atoms with van der Waals surface area (Å²) in [7, 11) is 3.43. The van der Waals surface area contributed by atoms with Gasteiger partial charge in [0.15, 0.2) is 11.5 Å². The van der Waals surface area contributed by atoms with Crippen LogP contribution < -0.4 is 14.8 Å². The molecule has 2 rings (SSSR count). The normalized spacial score (nSPS) is 16.0. The number of piperidine rings is 1. The number of rotatable bonds is 8. The first-order valence-corrected chi connectivity index (χ1v) is 8.11. The number of hydrogen-bond donors (Lipinski definition) is 1. The van der Waals surface area contributed by atoms with Crippen molar-refractivity contribution in [3.8, 4) is 11.5 Å². The molecule has 4 nitrogen and oxygen atoms in total. The summed E-state index contributed by atoms with van der Waals surface area (Å²) in [5.41, 5.74) is 0.968. The molecule has 0 aliphatic carbocycles. The summed E-state index contributed by atoms with van der Waals surface area (Å²) in [5, 5.41) is 3.20. The molecule has 1 aromatic carbocycles. The van der Waals surface area contributed by atoms with Crippen molar-refractivity contribution in [2.24, 2.45) is 5.92 Å². The summed E-state index contributed by atoms with van der Waals surface area (Å²) in [6.45, 7) is 1.07. The van der Waals surface area contributed by atoms with Gasteiger partial charge in [-0.2, -0.15) is 8.78 Å². The molecule has 0 aromatic heterocycles. The van der Waals surface area contributed by atoms with Crippen molar-refractivity contribution in [3.05, 3.63) is 23.8 Å². The summed E-state index contributed by atoms with van der Waals surface area (Å²) in [5.74, 6) is 1.22. The molecule has 24 heavy (non-hydrogen) atoms. The Kier molecular flexibility index (Phi) is 9.33. The average Bonchev–Trinajstić information content (AvgIpc) is 2.54. The van der Waals surface area contributed by atoms with E-state index in [1.54, 1.807) is 12.1 Å². The van der Waals surface area contributed by atoms with E-state index in [1.165, 1.54) is 26.4 Å². The molecule has 1 heterocycles. The molecule has 1 aliphatic rings. The van der Waals surface area contributed by atoms with Gasteiger partial charge in [0.2, 0.25) is 0 Å². The number of alkyl halides is 2. The molecule has 0 radical (unpaired) electrons. The van der Waals surface area contributed by atoms with Crippen molar-refractivity contribution in [2.75, 3.05) is 33.8 Å². The zero-order valence-electron chi connectivity index (χ0n) is 14.3. The quantitative estimate of drug-likeness (QED) is 0.765. The van der Waals surface area contributed by atoms with Crippen molar-refractivity contribution in [1.82, 2.24) is 10.2 Å². The van der Waals surface area contributed by atoms with Crippen molar-refractivity contribution >= 4 is 12.4 Å². The van der Waals surface area contributed by atoms with E-state index in [1.807, 2.05) is 13.1 Å². The number of halogens is 3. The molecule has 138 valence electrons. The topological polar surface area (TPSA) is 33.7 Å². The Balaban J connectivity index is 0.00000288. The fourth-order valence-electron chi connectivity index (χ4n) is 3.05. The summed E-state index contributed by atoms with van der Waals surface area (Å²) in [6.07, 6.45) is 3.61. The number of methoxy groups -OCH3 is 1. The van der Waals surface area contributed by atoms with Crippen LogP contribution in [0.25, 0.3) is 0 Å². The molecule has 0 bridgehead atoms. The molecule has 0 spiro atoms. The summed E-state index contributed by atoms with van der Waals surface area (Å²) < 4.78 is 34.6. The van der Waals surface area contributed by atoms with Gasteiger partial charge in [-0.3, -0.25) is 4.90 Å². The van der Waals surface area contributed by atoms with E-state index in [-0.39, 0.29) is 18.2 Å². The number of ether oxygens (including phenoxy) is 2. The lowest BCUT2D eigenvalue weighted by molar-refractivity contribution is -0.0512. The van der Waals surface area contributed by atoms with Gasteiger partial charge in [0.05, 0.1) is 7.11 Å². The molecule has 1 aromatic rings. The van der Waals surface area contributed by atoms with Crippen LogP contribution in [0.4, 0.5) is 8.78 Å². The summed E-state index contributed by atoms with van der Waals surface area (Å²) in [4.78, 5) is 2.36. The van der Waals surface area contributed by atoms with Crippen molar-refractivity contribution in [2.45, 2.75) is 32.4 Å². The Morgan fingerprint density at radius 1 is 1.25 bits per heavy atom. The van der Waals surface area contributed by atoms with Gasteiger partial charge in [-0.25, -0.2) is 0 Å². The van der Waals surface area contributed by atoms with E-state index in [0.29, 0.717) is 5.75 Å². The van der Waals surface area contributed by atoms with Gasteiger partial charge in [0.1, 0.15) is 0 Å². The summed E-state index contributed by atoms with van der Waals surface area (Å²) in [6, 6.07) is 5.25. The third kappa shape index (κ3) is 6.42. The zero-order chi connectivity index (χ0) is 16.7. The van der Waals surface area contributed by atoms with Gasteiger partial charge < -0.3 is 14.8 Å². The minimum absolute atomic E-state index is 0. The maximum Gasteiger partial charge on any atom is 0.387 e. The molecule has 0 atom stereocenters. The monoisotopic (exact) mass is 364 g/mol. The van der Waals surface area contributed by atoms with Crippen LogP contribution in [0.1, 0.15) is 24.8 Å². The molecule has 1 saturated heterocycles. The van der Waals surface area contributed by atoms with Crippen LogP contribution in [-0.4, -0.2) is 45.3 Å². The van der Waals surface area contributed by atoms with Crippen LogP contribution >= 0.6 is 12.4 Å². The highest BCUT2D eigenvalue weighted by atomic mass is 35.5. The lowest BCUT2D eigenvalue weighted by Crippen LogP contribution is -2.34. The van der Waals surface area contributed by atoms with Gasteiger partial charge >= 0.3 is 6.61 Å². The number of nitrogens with one attached hydrogen (secondary N) is 1. The molecule has 0 unspecified atom stereocenters. The standard InChI is InChI=1S/C17H26F2N2O2.ClH/c1-20-8-5-13-6-9-21(10-7-13)12-14-3-4-15(22-2)16(11-14)23-17(18)19;/h3-4,11,13,17,20H,5-10,12H2,1-2H3;1H. The summed E-state index contributed by atoms with van der Waals surface area (Å²) >= 11 is 0. The van der Waals surface area contributed by atoms with Crippen LogP contribution in [0.15, 0.2) is 18.2 Å². The SMILES string of the molecule is CNCCC1CCN(Cc2ccc(OC)c(OC(F)F)c2)CC1.Cl. The fraction of sp³-hybridized carbons (Fsp3) is 0.647. The molecule has 0 saturated carbocycles. The van der Waals surface area contributed by atoms with Gasteiger partial charge in [-0.1, -0.05) is 6.07 Å². The minimum atomic E-state index is -2.85. The van der Waals surface area contributed by atoms with Crippen LogP contribution in [0.3, 0.4) is 0 Å². The van der Waals surface area contributed by atoms with Gasteiger partial charge in [0, 0.05) is 6.54 Å². The zero-order valence-corrected chi connectivity index (χ0v) is 15.1. The second-order valence-electron chi connectivity index (χ2n) is 5.98. The van der Waals surface area contributed by atoms with E-state index in [2.05, 4.69) is 15.0 Å². The Hall–Kier alpha value is -1.11. The van der Waals surface area contributed by atoms with E-state index in [0.717, 1.165) is 37.7 Å². The van der Waals surface area contributed by atoms with Crippen molar-refractivity contribution < 1.29 is 18.3 Å². The van der Waals surface area contributed by atoms with Gasteiger partial charge in [0.25, 0.3) is 0 Å². The second-order valence-corrected chi connectivity index (χ2v) is 5.98. The number of nitrogens with zero attached hydrogens (tertiary/aromatic N) is 1. The first kappa shape index (κ1) is 20.9. The average molecular weight is 365 g/mol. The molecule has 1 fully saturated rings. The molecular weight excluding hydrogens is 338 g/mol. The highest BCUT2D eigenvalue weighted by molar-refractivity contribution is 5.85. The highest BCUT2D eigenvalue weighted by Crippen LogP contribution is 2.30. The van der Waals surface area contributed by atoms with Crippen LogP contribution in [0, 0.1) is 5.92 Å². The van der Waals surface area contributed by atoms with E-state index < -0.39 is 6.61 Å². The molecule has 1 N–H and O–H groups in total. The van der Waals surface area contributed by atoms with Crippen molar-refractivity contribution in [1.29, 1.82) is 0 Å². The van der Waals surface area contributed by atoms with Crippen LogP contribution in [0.2, 0.25) is 0 Å². The largest absolute Gasteiger partial charge is 0.493 e. The molecule has 7 heteroatoms. The molecular formula is C17H27ClF2N2O2. The lowest BCUT2D eigenvalue weighted by atomic mass is 9.93. The van der Waals surface area contributed by atoms with Gasteiger partial charge in [-0.05, 0) is 69.6 Å². The maximum atomic E-state index is 12.5. The van der Waals surface area contributed by atoms with E-state index in [4.69, 9.17) is 4.74 Å². The first-order valence-electron chi connectivity index (χ1n) is 8.11. The maximum absolute atomic E-state index is 12.5. The number of benzene rings is 1. The molecule has 0 amide bonds. The number of likely N-dealkylation sites (tertiary alicyclic amines) is 1. The number of hydrogen-bond acceptors (Lipinski definition) is 4. The first-order chi connectivity index (χ1) is 11.1. The third-order valence-corrected chi connectivity index (χ3v) is 4.36. The van der Waals surface area contributed by atoms with Crippen LogP contribution in [0.5, 0.6) is 11.5 Å². The predicted molar refractivity (Wildman–Crippen MR) is 93.4 cm³/mol. The smallest absolute Gasteiger partial charge is 0.387 e. The van der Waals surface area contributed by atoms with Crippen molar-refractivity contribution in [3.63, 3.8) is 0 Å². The predicted octanol–water partition coefficient (Wildman–Crippen LogP) is 3.54. The fourth-order valence-corrected chi connectivity index (χ4v) is 3.05. The Morgan fingerprint density at radius 2 is 1.96 bits per heavy atom.